The minimum atomic E-state index is -0.286. The SMILES string of the molecule is CCNCc1ccnc(-n2ccnc2CC)c1F. The summed E-state index contributed by atoms with van der Waals surface area (Å²) in [6.07, 6.45) is 5.77. The van der Waals surface area contributed by atoms with E-state index in [1.165, 1.54) is 0 Å². The van der Waals surface area contributed by atoms with Crippen LogP contribution in [-0.4, -0.2) is 21.1 Å². The molecule has 0 aromatic carbocycles. The van der Waals surface area contributed by atoms with Crippen molar-refractivity contribution in [2.24, 2.45) is 0 Å². The summed E-state index contributed by atoms with van der Waals surface area (Å²) in [5.41, 5.74) is 0.623. The van der Waals surface area contributed by atoms with E-state index >= 15 is 0 Å². The molecule has 0 aliphatic carbocycles. The lowest BCUT2D eigenvalue weighted by molar-refractivity contribution is 0.575. The molecule has 96 valence electrons. The van der Waals surface area contributed by atoms with Crippen molar-refractivity contribution in [2.75, 3.05) is 6.54 Å². The van der Waals surface area contributed by atoms with E-state index in [1.54, 1.807) is 29.2 Å². The van der Waals surface area contributed by atoms with E-state index < -0.39 is 0 Å². The normalized spacial score (nSPS) is 10.8. The third-order valence-corrected chi connectivity index (χ3v) is 2.78. The molecule has 0 spiro atoms. The van der Waals surface area contributed by atoms with Crippen LogP contribution < -0.4 is 5.32 Å². The van der Waals surface area contributed by atoms with Gasteiger partial charge in [-0.2, -0.15) is 0 Å². The van der Waals surface area contributed by atoms with Gasteiger partial charge in [0, 0.05) is 37.1 Å². The van der Waals surface area contributed by atoms with Crippen molar-refractivity contribution < 1.29 is 4.39 Å². The van der Waals surface area contributed by atoms with Gasteiger partial charge in [0.05, 0.1) is 0 Å². The smallest absolute Gasteiger partial charge is 0.174 e. The quantitative estimate of drug-likeness (QED) is 0.881. The van der Waals surface area contributed by atoms with Gasteiger partial charge in [-0.25, -0.2) is 14.4 Å². The number of nitrogens with one attached hydrogen (secondary N) is 1. The number of imidazole rings is 1. The summed E-state index contributed by atoms with van der Waals surface area (Å²) in [6.45, 7) is 5.29. The first kappa shape index (κ1) is 12.7. The van der Waals surface area contributed by atoms with Crippen molar-refractivity contribution in [3.8, 4) is 5.82 Å². The molecule has 0 aliphatic heterocycles. The summed E-state index contributed by atoms with van der Waals surface area (Å²) in [6, 6.07) is 1.70. The molecule has 2 aromatic rings. The second-order valence-corrected chi connectivity index (χ2v) is 3.96. The largest absolute Gasteiger partial charge is 0.313 e. The van der Waals surface area contributed by atoms with E-state index in [4.69, 9.17) is 0 Å². The second kappa shape index (κ2) is 5.73. The van der Waals surface area contributed by atoms with Gasteiger partial charge >= 0.3 is 0 Å². The van der Waals surface area contributed by atoms with E-state index in [0.29, 0.717) is 17.9 Å². The monoisotopic (exact) mass is 248 g/mol. The average Bonchev–Trinajstić information content (AvgIpc) is 2.85. The van der Waals surface area contributed by atoms with Crippen molar-refractivity contribution in [2.45, 2.75) is 26.8 Å². The van der Waals surface area contributed by atoms with Gasteiger partial charge < -0.3 is 5.32 Å². The Hall–Kier alpha value is -1.75. The predicted molar refractivity (Wildman–Crippen MR) is 68.1 cm³/mol. The lowest BCUT2D eigenvalue weighted by Crippen LogP contribution is -2.15. The maximum atomic E-state index is 14.3. The van der Waals surface area contributed by atoms with Gasteiger partial charge in [-0.05, 0) is 12.6 Å². The first-order chi connectivity index (χ1) is 8.77. The van der Waals surface area contributed by atoms with Crippen LogP contribution in [0.15, 0.2) is 24.7 Å². The van der Waals surface area contributed by atoms with Gasteiger partial charge in [0.2, 0.25) is 0 Å². The van der Waals surface area contributed by atoms with Crippen molar-refractivity contribution in [3.63, 3.8) is 0 Å². The molecule has 5 heteroatoms. The summed E-state index contributed by atoms with van der Waals surface area (Å²) in [5, 5.41) is 3.11. The maximum Gasteiger partial charge on any atom is 0.174 e. The zero-order chi connectivity index (χ0) is 13.0. The molecular weight excluding hydrogens is 231 g/mol. The average molecular weight is 248 g/mol. The Morgan fingerprint density at radius 2 is 2.11 bits per heavy atom. The first-order valence-electron chi connectivity index (χ1n) is 6.14. The minimum absolute atomic E-state index is 0.286. The highest BCUT2D eigenvalue weighted by Gasteiger charge is 2.13. The molecule has 0 radical (unpaired) electrons. The number of pyridine rings is 1. The van der Waals surface area contributed by atoms with Crippen molar-refractivity contribution in [3.05, 3.63) is 41.9 Å². The first-order valence-corrected chi connectivity index (χ1v) is 6.14. The van der Waals surface area contributed by atoms with E-state index in [-0.39, 0.29) is 5.82 Å². The number of aromatic nitrogens is 3. The van der Waals surface area contributed by atoms with Crippen LogP contribution in [0.3, 0.4) is 0 Å². The van der Waals surface area contributed by atoms with Gasteiger partial charge in [0.1, 0.15) is 5.82 Å². The van der Waals surface area contributed by atoms with E-state index in [0.717, 1.165) is 18.8 Å². The standard InChI is InChI=1S/C13H17FN4/c1-3-11-16-7-8-18(11)13-12(14)10(5-6-17-13)9-15-4-2/h5-8,15H,3-4,9H2,1-2H3. The molecule has 4 nitrogen and oxygen atoms in total. The van der Waals surface area contributed by atoms with Gasteiger partial charge in [-0.15, -0.1) is 0 Å². The Bertz CT molecular complexity index is 521. The summed E-state index contributed by atoms with van der Waals surface area (Å²) >= 11 is 0. The lowest BCUT2D eigenvalue weighted by Gasteiger charge is -2.10. The zero-order valence-electron chi connectivity index (χ0n) is 10.7. The Morgan fingerprint density at radius 1 is 1.28 bits per heavy atom. The Balaban J connectivity index is 2.39. The molecule has 0 amide bonds. The van der Waals surface area contributed by atoms with Crippen molar-refractivity contribution in [1.82, 2.24) is 19.9 Å². The second-order valence-electron chi connectivity index (χ2n) is 3.96. The Kier molecular flexibility index (Phi) is 4.04. The molecule has 0 aliphatic rings. The molecule has 1 N–H and O–H groups in total. The fraction of sp³-hybridized carbons (Fsp3) is 0.385. The van der Waals surface area contributed by atoms with E-state index in [1.807, 2.05) is 13.8 Å². The molecule has 0 bridgehead atoms. The summed E-state index contributed by atoms with van der Waals surface area (Å²) < 4.78 is 16.0. The zero-order valence-corrected chi connectivity index (χ0v) is 10.7. The topological polar surface area (TPSA) is 42.7 Å². The number of rotatable bonds is 5. The van der Waals surface area contributed by atoms with Crippen LogP contribution in [0.1, 0.15) is 25.2 Å². The molecule has 0 fully saturated rings. The van der Waals surface area contributed by atoms with Crippen molar-refractivity contribution >= 4 is 0 Å². The summed E-state index contributed by atoms with van der Waals surface area (Å²) in [5.74, 6) is 0.841. The highest BCUT2D eigenvalue weighted by Crippen LogP contribution is 2.16. The van der Waals surface area contributed by atoms with Gasteiger partial charge in [0.15, 0.2) is 11.6 Å². The number of aryl methyl sites for hydroxylation is 1. The number of hydrogen-bond acceptors (Lipinski definition) is 3. The number of hydrogen-bond donors (Lipinski definition) is 1. The molecule has 0 atom stereocenters. The molecule has 2 rings (SSSR count). The fourth-order valence-corrected chi connectivity index (χ4v) is 1.82. The number of halogens is 1. The van der Waals surface area contributed by atoms with Gasteiger partial charge in [-0.1, -0.05) is 13.8 Å². The molecule has 2 aromatic heterocycles. The third-order valence-electron chi connectivity index (χ3n) is 2.78. The predicted octanol–water partition coefficient (Wildman–Crippen LogP) is 2.08. The highest BCUT2D eigenvalue weighted by atomic mass is 19.1. The maximum absolute atomic E-state index is 14.3. The highest BCUT2D eigenvalue weighted by molar-refractivity contribution is 5.32. The van der Waals surface area contributed by atoms with Crippen molar-refractivity contribution in [1.29, 1.82) is 0 Å². The Labute approximate surface area is 106 Å². The van der Waals surface area contributed by atoms with Crippen LogP contribution in [0.4, 0.5) is 4.39 Å². The Morgan fingerprint density at radius 3 is 2.83 bits per heavy atom. The molecule has 0 saturated heterocycles. The minimum Gasteiger partial charge on any atom is -0.313 e. The fourth-order valence-electron chi connectivity index (χ4n) is 1.82. The van der Waals surface area contributed by atoms with Gasteiger partial charge in [0.25, 0.3) is 0 Å². The molecular formula is C13H17FN4. The van der Waals surface area contributed by atoms with E-state index in [2.05, 4.69) is 15.3 Å². The lowest BCUT2D eigenvalue weighted by atomic mass is 10.2. The van der Waals surface area contributed by atoms with Gasteiger partial charge in [-0.3, -0.25) is 4.57 Å². The van der Waals surface area contributed by atoms with Crippen LogP contribution in [0, 0.1) is 5.82 Å². The third kappa shape index (κ3) is 2.41. The van der Waals surface area contributed by atoms with Crippen LogP contribution in [-0.2, 0) is 13.0 Å². The van der Waals surface area contributed by atoms with Crippen LogP contribution in [0.2, 0.25) is 0 Å². The summed E-state index contributed by atoms with van der Waals surface area (Å²) in [7, 11) is 0. The van der Waals surface area contributed by atoms with Crippen LogP contribution in [0.25, 0.3) is 5.82 Å². The molecule has 18 heavy (non-hydrogen) atoms. The molecule has 0 saturated carbocycles. The molecule has 0 unspecified atom stereocenters. The number of nitrogens with zero attached hydrogens (tertiary/aromatic N) is 3. The van der Waals surface area contributed by atoms with E-state index in [9.17, 15) is 4.39 Å². The van der Waals surface area contributed by atoms with Crippen LogP contribution in [0.5, 0.6) is 0 Å². The van der Waals surface area contributed by atoms with Crippen LogP contribution >= 0.6 is 0 Å². The molecule has 2 heterocycles. The summed E-state index contributed by atoms with van der Waals surface area (Å²) in [4.78, 5) is 8.30.